The number of carbonyl (C=O) groups is 1. The number of hydrogen-bond donors (Lipinski definition) is 1. The molecule has 4 aromatic rings. The standard InChI is InChI=1S/C23H20N4O2S/c1-27-22(17-10-4-2-5-11-17)25-26-23(27)30-16-21(28)24-19-14-8-9-15-20(19)29-18-12-6-3-7-13-18/h2-15H,16H2,1H3,(H,24,28). The first-order chi connectivity index (χ1) is 14.7. The summed E-state index contributed by atoms with van der Waals surface area (Å²) < 4.78 is 7.79. The summed E-state index contributed by atoms with van der Waals surface area (Å²) in [4.78, 5) is 12.5. The molecule has 0 saturated carbocycles. The third-order valence-electron chi connectivity index (χ3n) is 4.33. The molecular formula is C23H20N4O2S. The maximum atomic E-state index is 12.5. The SMILES string of the molecule is Cn1c(SCC(=O)Nc2ccccc2Oc2ccccc2)nnc1-c1ccccc1. The van der Waals surface area contributed by atoms with Crippen molar-refractivity contribution in [3.8, 4) is 22.9 Å². The number of anilines is 1. The number of thioether (sulfide) groups is 1. The molecule has 0 aliphatic carbocycles. The number of para-hydroxylation sites is 3. The van der Waals surface area contributed by atoms with Gasteiger partial charge in [0.15, 0.2) is 16.7 Å². The van der Waals surface area contributed by atoms with Crippen LogP contribution in [0, 0.1) is 0 Å². The van der Waals surface area contributed by atoms with Gasteiger partial charge in [-0.05, 0) is 24.3 Å². The summed E-state index contributed by atoms with van der Waals surface area (Å²) in [5.41, 5.74) is 1.60. The Bertz CT molecular complexity index is 1130. The van der Waals surface area contributed by atoms with Crippen LogP contribution in [-0.4, -0.2) is 26.4 Å². The minimum absolute atomic E-state index is 0.145. The molecule has 0 radical (unpaired) electrons. The molecule has 0 saturated heterocycles. The molecule has 1 aromatic heterocycles. The molecule has 1 N–H and O–H groups in total. The van der Waals surface area contributed by atoms with Crippen molar-refractivity contribution < 1.29 is 9.53 Å². The topological polar surface area (TPSA) is 69.0 Å². The van der Waals surface area contributed by atoms with Crippen molar-refractivity contribution in [3.05, 3.63) is 84.9 Å². The average molecular weight is 417 g/mol. The molecule has 0 unspecified atom stereocenters. The number of rotatable bonds is 7. The van der Waals surface area contributed by atoms with Crippen molar-refractivity contribution in [2.45, 2.75) is 5.16 Å². The maximum absolute atomic E-state index is 12.5. The molecule has 7 heteroatoms. The third-order valence-corrected chi connectivity index (χ3v) is 5.35. The molecule has 0 aliphatic heterocycles. The number of carbonyl (C=O) groups excluding carboxylic acids is 1. The van der Waals surface area contributed by atoms with Crippen LogP contribution < -0.4 is 10.1 Å². The molecular weight excluding hydrogens is 396 g/mol. The fourth-order valence-electron chi connectivity index (χ4n) is 2.87. The lowest BCUT2D eigenvalue weighted by molar-refractivity contribution is -0.113. The zero-order chi connectivity index (χ0) is 20.8. The molecule has 1 amide bonds. The van der Waals surface area contributed by atoms with Gasteiger partial charge in [0.05, 0.1) is 11.4 Å². The van der Waals surface area contributed by atoms with E-state index < -0.39 is 0 Å². The van der Waals surface area contributed by atoms with E-state index in [0.29, 0.717) is 22.3 Å². The van der Waals surface area contributed by atoms with Crippen molar-refractivity contribution in [1.82, 2.24) is 14.8 Å². The second-order valence-electron chi connectivity index (χ2n) is 6.48. The Labute approximate surface area is 178 Å². The molecule has 3 aromatic carbocycles. The van der Waals surface area contributed by atoms with Gasteiger partial charge in [0.1, 0.15) is 5.75 Å². The number of amides is 1. The van der Waals surface area contributed by atoms with Gasteiger partial charge in [0, 0.05) is 12.6 Å². The van der Waals surface area contributed by atoms with Crippen molar-refractivity contribution in [2.75, 3.05) is 11.1 Å². The number of hydrogen-bond acceptors (Lipinski definition) is 5. The van der Waals surface area contributed by atoms with Gasteiger partial charge in [0.25, 0.3) is 0 Å². The van der Waals surface area contributed by atoms with Gasteiger partial charge in [-0.3, -0.25) is 4.79 Å². The molecule has 4 rings (SSSR count). The van der Waals surface area contributed by atoms with Crippen LogP contribution in [0.1, 0.15) is 0 Å². The first-order valence-electron chi connectivity index (χ1n) is 9.40. The molecule has 30 heavy (non-hydrogen) atoms. The highest BCUT2D eigenvalue weighted by Crippen LogP contribution is 2.29. The molecule has 6 nitrogen and oxygen atoms in total. The van der Waals surface area contributed by atoms with Gasteiger partial charge in [-0.15, -0.1) is 10.2 Å². The summed E-state index contributed by atoms with van der Waals surface area (Å²) in [6.07, 6.45) is 0. The van der Waals surface area contributed by atoms with Crippen LogP contribution in [0.15, 0.2) is 90.1 Å². The lowest BCUT2D eigenvalue weighted by Crippen LogP contribution is -2.15. The van der Waals surface area contributed by atoms with Crippen LogP contribution in [0.4, 0.5) is 5.69 Å². The van der Waals surface area contributed by atoms with Gasteiger partial charge in [-0.2, -0.15) is 0 Å². The van der Waals surface area contributed by atoms with Gasteiger partial charge in [0.2, 0.25) is 5.91 Å². The Morgan fingerprint density at radius 2 is 1.60 bits per heavy atom. The molecule has 150 valence electrons. The Hall–Kier alpha value is -3.58. The quantitative estimate of drug-likeness (QED) is 0.429. The molecule has 0 spiro atoms. The highest BCUT2D eigenvalue weighted by molar-refractivity contribution is 7.99. The van der Waals surface area contributed by atoms with Crippen molar-refractivity contribution in [3.63, 3.8) is 0 Å². The van der Waals surface area contributed by atoms with Crippen LogP contribution in [-0.2, 0) is 11.8 Å². The number of aromatic nitrogens is 3. The lowest BCUT2D eigenvalue weighted by atomic mass is 10.2. The van der Waals surface area contributed by atoms with Gasteiger partial charge in [-0.25, -0.2) is 0 Å². The average Bonchev–Trinajstić information content (AvgIpc) is 3.15. The summed E-state index contributed by atoms with van der Waals surface area (Å²) in [6.45, 7) is 0. The summed E-state index contributed by atoms with van der Waals surface area (Å²) >= 11 is 1.34. The summed E-state index contributed by atoms with van der Waals surface area (Å²) in [5.74, 6) is 2.13. The van der Waals surface area contributed by atoms with E-state index in [-0.39, 0.29) is 11.7 Å². The van der Waals surface area contributed by atoms with E-state index in [1.165, 1.54) is 11.8 Å². The maximum Gasteiger partial charge on any atom is 0.234 e. The first-order valence-corrected chi connectivity index (χ1v) is 10.4. The number of benzene rings is 3. The summed E-state index contributed by atoms with van der Waals surface area (Å²) in [7, 11) is 1.89. The van der Waals surface area contributed by atoms with Crippen molar-refractivity contribution in [2.24, 2.45) is 7.05 Å². The number of nitrogens with zero attached hydrogens (tertiary/aromatic N) is 3. The Morgan fingerprint density at radius 1 is 0.933 bits per heavy atom. The lowest BCUT2D eigenvalue weighted by Gasteiger charge is -2.12. The normalized spacial score (nSPS) is 10.6. The van der Waals surface area contributed by atoms with Crippen molar-refractivity contribution >= 4 is 23.4 Å². The van der Waals surface area contributed by atoms with E-state index in [1.807, 2.05) is 96.5 Å². The Kier molecular flexibility index (Phi) is 6.10. The summed E-state index contributed by atoms with van der Waals surface area (Å²) in [6, 6.07) is 26.7. The Morgan fingerprint density at radius 3 is 2.37 bits per heavy atom. The van der Waals surface area contributed by atoms with E-state index in [2.05, 4.69) is 15.5 Å². The fraction of sp³-hybridized carbons (Fsp3) is 0.0870. The van der Waals surface area contributed by atoms with Crippen LogP contribution >= 0.6 is 11.8 Å². The highest BCUT2D eigenvalue weighted by atomic mass is 32.2. The minimum atomic E-state index is -0.145. The summed E-state index contributed by atoms with van der Waals surface area (Å²) in [5, 5.41) is 12.1. The predicted molar refractivity (Wildman–Crippen MR) is 119 cm³/mol. The second-order valence-corrected chi connectivity index (χ2v) is 7.42. The van der Waals surface area contributed by atoms with E-state index in [0.717, 1.165) is 11.4 Å². The minimum Gasteiger partial charge on any atom is -0.455 e. The number of nitrogens with one attached hydrogen (secondary N) is 1. The monoisotopic (exact) mass is 416 g/mol. The van der Waals surface area contributed by atoms with Crippen LogP contribution in [0.3, 0.4) is 0 Å². The van der Waals surface area contributed by atoms with Crippen LogP contribution in [0.5, 0.6) is 11.5 Å². The van der Waals surface area contributed by atoms with Gasteiger partial charge in [-0.1, -0.05) is 72.4 Å². The highest BCUT2D eigenvalue weighted by Gasteiger charge is 2.14. The molecule has 0 aliphatic rings. The van der Waals surface area contributed by atoms with E-state index in [1.54, 1.807) is 0 Å². The first kappa shape index (κ1) is 19.7. The third kappa shape index (κ3) is 4.69. The predicted octanol–water partition coefficient (Wildman–Crippen LogP) is 5.01. The van der Waals surface area contributed by atoms with Gasteiger partial charge < -0.3 is 14.6 Å². The van der Waals surface area contributed by atoms with E-state index >= 15 is 0 Å². The second kappa shape index (κ2) is 9.28. The van der Waals surface area contributed by atoms with Crippen LogP contribution in [0.2, 0.25) is 0 Å². The molecule has 1 heterocycles. The zero-order valence-corrected chi connectivity index (χ0v) is 17.2. The largest absolute Gasteiger partial charge is 0.455 e. The van der Waals surface area contributed by atoms with E-state index in [9.17, 15) is 4.79 Å². The smallest absolute Gasteiger partial charge is 0.234 e. The van der Waals surface area contributed by atoms with E-state index in [4.69, 9.17) is 4.74 Å². The Balaban J connectivity index is 1.40. The molecule has 0 fully saturated rings. The molecule has 0 bridgehead atoms. The zero-order valence-electron chi connectivity index (χ0n) is 16.4. The van der Waals surface area contributed by atoms with Gasteiger partial charge >= 0.3 is 0 Å². The molecule has 0 atom stereocenters. The fourth-order valence-corrected chi connectivity index (χ4v) is 3.58. The van der Waals surface area contributed by atoms with Crippen molar-refractivity contribution in [1.29, 1.82) is 0 Å². The number of ether oxygens (including phenoxy) is 1. The van der Waals surface area contributed by atoms with Crippen LogP contribution in [0.25, 0.3) is 11.4 Å².